The molecule has 21 heavy (non-hydrogen) atoms. The van der Waals surface area contributed by atoms with Crippen LogP contribution in [0, 0.1) is 0 Å². The van der Waals surface area contributed by atoms with Crippen LogP contribution >= 0.6 is 0 Å². The molecule has 0 spiro atoms. The van der Waals surface area contributed by atoms with Crippen LogP contribution in [0.15, 0.2) is 42.6 Å². The summed E-state index contributed by atoms with van der Waals surface area (Å²) in [5, 5.41) is 8.01. The molecule has 0 amide bonds. The topological polar surface area (TPSA) is 29.9 Å². The minimum atomic E-state index is 0.487. The Bertz CT molecular complexity index is 518. The second kappa shape index (κ2) is 7.99. The summed E-state index contributed by atoms with van der Waals surface area (Å²) in [6.07, 6.45) is 5.39. The first-order valence-electron chi connectivity index (χ1n) is 7.98. The molecule has 1 N–H and O–H groups in total. The Morgan fingerprint density at radius 3 is 2.62 bits per heavy atom. The molecule has 1 heterocycles. The highest BCUT2D eigenvalue weighted by molar-refractivity contribution is 5.20. The third-order valence-electron chi connectivity index (χ3n) is 4.18. The lowest BCUT2D eigenvalue weighted by Crippen LogP contribution is -2.18. The number of nitrogens with zero attached hydrogens (tertiary/aromatic N) is 2. The second-order valence-corrected chi connectivity index (χ2v) is 5.75. The third-order valence-corrected chi connectivity index (χ3v) is 4.18. The summed E-state index contributed by atoms with van der Waals surface area (Å²) in [5.41, 5.74) is 2.61. The van der Waals surface area contributed by atoms with Crippen LogP contribution in [0.25, 0.3) is 0 Å². The van der Waals surface area contributed by atoms with Crippen LogP contribution in [0.4, 0.5) is 0 Å². The number of hydrogen-bond donors (Lipinski definition) is 1. The van der Waals surface area contributed by atoms with Crippen LogP contribution in [0.1, 0.15) is 49.9 Å². The van der Waals surface area contributed by atoms with E-state index in [1.807, 2.05) is 7.05 Å². The van der Waals surface area contributed by atoms with Crippen LogP contribution in [0.5, 0.6) is 0 Å². The van der Waals surface area contributed by atoms with E-state index in [1.165, 1.54) is 11.3 Å². The number of likely N-dealkylation sites (N-methyl/N-ethyl adjacent to an activating group) is 1. The summed E-state index contributed by atoms with van der Waals surface area (Å²) in [5.74, 6) is 0.546. The van der Waals surface area contributed by atoms with Gasteiger partial charge in [-0.25, -0.2) is 0 Å². The standard InChI is InChI=1S/C18H27N3/c1-4-15(2)21-13-12-18(20-21)11-10-17(14-19-3)16-8-6-5-7-9-16/h5-9,12-13,15,17,19H,4,10-11,14H2,1-3H3. The molecule has 114 valence electrons. The smallest absolute Gasteiger partial charge is 0.0624 e. The molecule has 0 fully saturated rings. The van der Waals surface area contributed by atoms with Gasteiger partial charge >= 0.3 is 0 Å². The maximum atomic E-state index is 4.70. The van der Waals surface area contributed by atoms with Crippen molar-refractivity contribution in [3.63, 3.8) is 0 Å². The average molecular weight is 285 g/mol. The molecule has 1 aromatic heterocycles. The zero-order chi connectivity index (χ0) is 15.1. The fourth-order valence-electron chi connectivity index (χ4n) is 2.62. The lowest BCUT2D eigenvalue weighted by atomic mass is 9.93. The normalized spacial score (nSPS) is 14.0. The van der Waals surface area contributed by atoms with Crippen molar-refractivity contribution in [2.75, 3.05) is 13.6 Å². The Morgan fingerprint density at radius 1 is 1.19 bits per heavy atom. The van der Waals surface area contributed by atoms with Crippen molar-refractivity contribution >= 4 is 0 Å². The van der Waals surface area contributed by atoms with Crippen LogP contribution in [-0.2, 0) is 6.42 Å². The SMILES string of the molecule is CCC(C)n1ccc(CCC(CNC)c2ccccc2)n1. The number of aryl methyl sites for hydroxylation is 1. The van der Waals surface area contributed by atoms with Gasteiger partial charge in [0.15, 0.2) is 0 Å². The number of rotatable bonds is 8. The molecule has 0 aliphatic rings. The lowest BCUT2D eigenvalue weighted by Gasteiger charge is -2.16. The predicted molar refractivity (Wildman–Crippen MR) is 88.7 cm³/mol. The van der Waals surface area contributed by atoms with Crippen molar-refractivity contribution in [2.24, 2.45) is 0 Å². The van der Waals surface area contributed by atoms with Gasteiger partial charge in [0.2, 0.25) is 0 Å². The van der Waals surface area contributed by atoms with E-state index in [2.05, 4.69) is 66.4 Å². The first kappa shape index (κ1) is 15.8. The van der Waals surface area contributed by atoms with Gasteiger partial charge in [-0.3, -0.25) is 4.68 Å². The highest BCUT2D eigenvalue weighted by Gasteiger charge is 2.12. The van der Waals surface area contributed by atoms with Crippen molar-refractivity contribution in [3.05, 3.63) is 53.9 Å². The highest BCUT2D eigenvalue weighted by atomic mass is 15.3. The summed E-state index contributed by atoms with van der Waals surface area (Å²) in [6, 6.07) is 13.4. The van der Waals surface area contributed by atoms with E-state index in [-0.39, 0.29) is 0 Å². The molecule has 2 rings (SSSR count). The van der Waals surface area contributed by atoms with Crippen molar-refractivity contribution < 1.29 is 0 Å². The van der Waals surface area contributed by atoms with E-state index in [0.717, 1.165) is 25.8 Å². The van der Waals surface area contributed by atoms with E-state index in [4.69, 9.17) is 5.10 Å². The molecule has 2 aromatic rings. The van der Waals surface area contributed by atoms with Gasteiger partial charge in [0.05, 0.1) is 5.69 Å². The molecule has 3 heteroatoms. The first-order valence-corrected chi connectivity index (χ1v) is 7.98. The fraction of sp³-hybridized carbons (Fsp3) is 0.500. The van der Waals surface area contributed by atoms with E-state index in [1.54, 1.807) is 0 Å². The molecule has 2 unspecified atom stereocenters. The first-order chi connectivity index (χ1) is 10.2. The van der Waals surface area contributed by atoms with Crippen molar-refractivity contribution in [1.82, 2.24) is 15.1 Å². The van der Waals surface area contributed by atoms with Gasteiger partial charge in [-0.2, -0.15) is 5.10 Å². The van der Waals surface area contributed by atoms with Gasteiger partial charge in [0.25, 0.3) is 0 Å². The Balaban J connectivity index is 1.97. The minimum absolute atomic E-state index is 0.487. The van der Waals surface area contributed by atoms with E-state index >= 15 is 0 Å². The zero-order valence-electron chi connectivity index (χ0n) is 13.4. The van der Waals surface area contributed by atoms with Crippen molar-refractivity contribution in [1.29, 1.82) is 0 Å². The Kier molecular flexibility index (Phi) is 6.00. The summed E-state index contributed by atoms with van der Waals surface area (Å²) in [7, 11) is 2.02. The van der Waals surface area contributed by atoms with Gasteiger partial charge < -0.3 is 5.32 Å². The summed E-state index contributed by atoms with van der Waals surface area (Å²) in [6.45, 7) is 5.42. The highest BCUT2D eigenvalue weighted by Crippen LogP contribution is 2.21. The largest absolute Gasteiger partial charge is 0.319 e. The molecule has 0 bridgehead atoms. The van der Waals surface area contributed by atoms with Crippen LogP contribution < -0.4 is 5.32 Å². The molecule has 0 saturated carbocycles. The Morgan fingerprint density at radius 2 is 1.95 bits per heavy atom. The summed E-state index contributed by atoms with van der Waals surface area (Å²) >= 11 is 0. The quantitative estimate of drug-likeness (QED) is 0.799. The molecule has 0 aliphatic carbocycles. The zero-order valence-corrected chi connectivity index (χ0v) is 13.4. The Hall–Kier alpha value is -1.61. The van der Waals surface area contributed by atoms with Crippen molar-refractivity contribution in [3.8, 4) is 0 Å². The maximum Gasteiger partial charge on any atom is 0.0624 e. The monoisotopic (exact) mass is 285 g/mol. The number of aromatic nitrogens is 2. The molecule has 0 aliphatic heterocycles. The van der Waals surface area contributed by atoms with E-state index in [0.29, 0.717) is 12.0 Å². The van der Waals surface area contributed by atoms with Gasteiger partial charge in [-0.05, 0) is 50.8 Å². The molecule has 2 atom stereocenters. The molecular weight excluding hydrogens is 258 g/mol. The average Bonchev–Trinajstić information content (AvgIpc) is 3.00. The van der Waals surface area contributed by atoms with E-state index < -0.39 is 0 Å². The molecule has 1 aromatic carbocycles. The Labute approximate surface area is 128 Å². The van der Waals surface area contributed by atoms with Gasteiger partial charge in [0.1, 0.15) is 0 Å². The molecule has 3 nitrogen and oxygen atoms in total. The summed E-state index contributed by atoms with van der Waals surface area (Å²) in [4.78, 5) is 0. The van der Waals surface area contributed by atoms with Crippen LogP contribution in [-0.4, -0.2) is 23.4 Å². The summed E-state index contributed by atoms with van der Waals surface area (Å²) < 4.78 is 2.09. The van der Waals surface area contributed by atoms with Crippen LogP contribution in [0.3, 0.4) is 0 Å². The third kappa shape index (κ3) is 4.43. The lowest BCUT2D eigenvalue weighted by molar-refractivity contribution is 0.471. The second-order valence-electron chi connectivity index (χ2n) is 5.75. The minimum Gasteiger partial charge on any atom is -0.319 e. The number of benzene rings is 1. The van der Waals surface area contributed by atoms with Gasteiger partial charge in [-0.15, -0.1) is 0 Å². The van der Waals surface area contributed by atoms with E-state index in [9.17, 15) is 0 Å². The molecule has 0 saturated heterocycles. The molecule has 0 radical (unpaired) electrons. The number of hydrogen-bond acceptors (Lipinski definition) is 2. The maximum absolute atomic E-state index is 4.70. The van der Waals surface area contributed by atoms with Gasteiger partial charge in [0, 0.05) is 18.8 Å². The van der Waals surface area contributed by atoms with Crippen LogP contribution in [0.2, 0.25) is 0 Å². The number of nitrogens with one attached hydrogen (secondary N) is 1. The molecular formula is C18H27N3. The predicted octanol–water partition coefficient (Wildman–Crippen LogP) is 3.79. The van der Waals surface area contributed by atoms with Gasteiger partial charge in [-0.1, -0.05) is 37.3 Å². The fourth-order valence-corrected chi connectivity index (χ4v) is 2.62. The van der Waals surface area contributed by atoms with Crippen molar-refractivity contribution in [2.45, 2.75) is 45.1 Å².